The van der Waals surface area contributed by atoms with Crippen molar-refractivity contribution >= 4 is 11.9 Å². The van der Waals surface area contributed by atoms with Gasteiger partial charge in [0.25, 0.3) is 0 Å². The summed E-state index contributed by atoms with van der Waals surface area (Å²) in [6.45, 7) is 0.208. The van der Waals surface area contributed by atoms with Gasteiger partial charge in [-0.15, -0.1) is 0 Å². The molecular formula is C36H40O6. The Morgan fingerprint density at radius 2 is 0.667 bits per heavy atom. The van der Waals surface area contributed by atoms with Crippen LogP contribution in [-0.2, 0) is 35.3 Å². The number of carbonyl (C=O) groups is 2. The van der Waals surface area contributed by atoms with Crippen LogP contribution in [-0.4, -0.2) is 45.6 Å². The molecule has 4 aromatic rings. The van der Waals surface area contributed by atoms with Gasteiger partial charge in [-0.25, -0.2) is 0 Å². The molecule has 0 aromatic heterocycles. The molecule has 4 aromatic carbocycles. The van der Waals surface area contributed by atoms with E-state index in [1.807, 2.05) is 97.1 Å². The maximum atomic E-state index is 11.6. The SMILES string of the molecule is O=C(O)[C@H](Cc1ccccc1)[C@@H](Cc1ccccc1)C(=O)O.OC[C@H](Cc1ccccc1)[C@H](CO)Cc1ccccc1. The Kier molecular flexibility index (Phi) is 13.5. The quantitative estimate of drug-likeness (QED) is 0.158. The van der Waals surface area contributed by atoms with Crippen LogP contribution >= 0.6 is 0 Å². The molecule has 0 aliphatic heterocycles. The third-order valence-corrected chi connectivity index (χ3v) is 7.53. The molecule has 42 heavy (non-hydrogen) atoms. The molecule has 220 valence electrons. The second-order valence-electron chi connectivity index (χ2n) is 10.5. The lowest BCUT2D eigenvalue weighted by molar-refractivity contribution is -0.153. The summed E-state index contributed by atoms with van der Waals surface area (Å²) >= 11 is 0. The molecule has 0 amide bonds. The number of benzene rings is 4. The number of aliphatic carboxylic acids is 2. The standard InChI is InChI=1S/C18H18O4.C18H22O2/c19-17(20)15(11-13-7-3-1-4-8-13)16(18(21)22)12-14-9-5-2-6-10-14;19-13-17(11-15-7-3-1-4-8-15)18(14-20)12-16-9-5-2-6-10-16/h1-10,15-16H,11-12H2,(H,19,20)(H,21,22);1-10,17-20H,11-14H2/t15-,16-;17-,18-/m10/s1. The molecule has 6 heteroatoms. The molecule has 4 rings (SSSR count). The van der Waals surface area contributed by atoms with Crippen LogP contribution in [0.2, 0.25) is 0 Å². The molecule has 0 saturated carbocycles. The van der Waals surface area contributed by atoms with Gasteiger partial charge in [0.1, 0.15) is 0 Å². The third-order valence-electron chi connectivity index (χ3n) is 7.53. The molecule has 0 aliphatic carbocycles. The minimum atomic E-state index is -1.08. The predicted molar refractivity (Wildman–Crippen MR) is 164 cm³/mol. The molecular weight excluding hydrogens is 528 g/mol. The second-order valence-corrected chi connectivity index (χ2v) is 10.5. The van der Waals surface area contributed by atoms with E-state index in [1.165, 1.54) is 11.1 Å². The van der Waals surface area contributed by atoms with Crippen molar-refractivity contribution in [3.8, 4) is 0 Å². The highest BCUT2D eigenvalue weighted by Gasteiger charge is 2.34. The number of hydrogen-bond acceptors (Lipinski definition) is 4. The summed E-state index contributed by atoms with van der Waals surface area (Å²) in [5, 5.41) is 38.2. The summed E-state index contributed by atoms with van der Waals surface area (Å²) < 4.78 is 0. The maximum absolute atomic E-state index is 11.6. The monoisotopic (exact) mass is 568 g/mol. The fourth-order valence-corrected chi connectivity index (χ4v) is 5.13. The van der Waals surface area contributed by atoms with Crippen molar-refractivity contribution in [3.05, 3.63) is 144 Å². The smallest absolute Gasteiger partial charge is 0.307 e. The Morgan fingerprint density at radius 3 is 0.881 bits per heavy atom. The molecule has 0 bridgehead atoms. The summed E-state index contributed by atoms with van der Waals surface area (Å²) in [6.07, 6.45) is 2.02. The second kappa shape index (κ2) is 17.5. The van der Waals surface area contributed by atoms with E-state index < -0.39 is 23.8 Å². The Morgan fingerprint density at radius 1 is 0.429 bits per heavy atom. The lowest BCUT2D eigenvalue weighted by atomic mass is 9.83. The average Bonchev–Trinajstić information content (AvgIpc) is 3.02. The molecule has 0 heterocycles. The zero-order chi connectivity index (χ0) is 30.2. The van der Waals surface area contributed by atoms with Gasteiger partial charge in [0.15, 0.2) is 0 Å². The topological polar surface area (TPSA) is 115 Å². The Hall–Kier alpha value is -4.26. The van der Waals surface area contributed by atoms with Crippen LogP contribution in [0.1, 0.15) is 22.3 Å². The van der Waals surface area contributed by atoms with Crippen molar-refractivity contribution in [1.29, 1.82) is 0 Å². The minimum Gasteiger partial charge on any atom is -0.481 e. The van der Waals surface area contributed by atoms with E-state index in [4.69, 9.17) is 0 Å². The van der Waals surface area contributed by atoms with E-state index in [-0.39, 0.29) is 37.9 Å². The highest BCUT2D eigenvalue weighted by molar-refractivity contribution is 5.80. The zero-order valence-corrected chi connectivity index (χ0v) is 23.7. The molecule has 4 N–H and O–H groups in total. The van der Waals surface area contributed by atoms with Crippen LogP contribution in [0.15, 0.2) is 121 Å². The Labute approximate surface area is 247 Å². The van der Waals surface area contributed by atoms with Crippen LogP contribution in [0.25, 0.3) is 0 Å². The highest BCUT2D eigenvalue weighted by Crippen LogP contribution is 2.24. The summed E-state index contributed by atoms with van der Waals surface area (Å²) in [4.78, 5) is 23.2. The molecule has 6 nitrogen and oxygen atoms in total. The van der Waals surface area contributed by atoms with Crippen LogP contribution in [0.3, 0.4) is 0 Å². The first-order valence-electron chi connectivity index (χ1n) is 14.2. The largest absolute Gasteiger partial charge is 0.481 e. The van der Waals surface area contributed by atoms with Gasteiger partial charge in [-0.05, 0) is 59.8 Å². The van der Waals surface area contributed by atoms with Crippen molar-refractivity contribution in [2.45, 2.75) is 25.7 Å². The van der Waals surface area contributed by atoms with Gasteiger partial charge in [0.2, 0.25) is 0 Å². The lowest BCUT2D eigenvalue weighted by Crippen LogP contribution is -2.33. The van der Waals surface area contributed by atoms with Gasteiger partial charge in [-0.3, -0.25) is 9.59 Å². The van der Waals surface area contributed by atoms with Gasteiger partial charge in [-0.2, -0.15) is 0 Å². The normalized spacial score (nSPS) is 13.6. The van der Waals surface area contributed by atoms with Crippen LogP contribution < -0.4 is 0 Å². The minimum absolute atomic E-state index is 0.0857. The zero-order valence-electron chi connectivity index (χ0n) is 23.7. The summed E-state index contributed by atoms with van der Waals surface area (Å²) in [7, 11) is 0. The highest BCUT2D eigenvalue weighted by atomic mass is 16.4. The van der Waals surface area contributed by atoms with Gasteiger partial charge in [-0.1, -0.05) is 121 Å². The van der Waals surface area contributed by atoms with Crippen molar-refractivity contribution in [2.24, 2.45) is 23.7 Å². The number of aliphatic hydroxyl groups is 2. The van der Waals surface area contributed by atoms with Crippen LogP contribution in [0.4, 0.5) is 0 Å². The van der Waals surface area contributed by atoms with E-state index in [1.54, 1.807) is 0 Å². The predicted octanol–water partition coefficient (Wildman–Crippen LogP) is 5.56. The van der Waals surface area contributed by atoms with Gasteiger partial charge >= 0.3 is 11.9 Å². The first kappa shape index (κ1) is 32.3. The maximum Gasteiger partial charge on any atom is 0.307 e. The fraction of sp³-hybridized carbons (Fsp3) is 0.278. The number of hydrogen-bond donors (Lipinski definition) is 4. The van der Waals surface area contributed by atoms with E-state index in [2.05, 4.69) is 24.3 Å². The van der Waals surface area contributed by atoms with E-state index in [9.17, 15) is 30.0 Å². The van der Waals surface area contributed by atoms with Crippen LogP contribution in [0.5, 0.6) is 0 Å². The van der Waals surface area contributed by atoms with Gasteiger partial charge in [0.05, 0.1) is 11.8 Å². The van der Waals surface area contributed by atoms with Crippen molar-refractivity contribution in [3.63, 3.8) is 0 Å². The Bertz CT molecular complexity index is 1210. The third kappa shape index (κ3) is 10.6. The fourth-order valence-electron chi connectivity index (χ4n) is 5.13. The first-order chi connectivity index (χ1) is 20.4. The molecule has 0 spiro atoms. The summed E-state index contributed by atoms with van der Waals surface area (Å²) in [5.41, 5.74) is 4.07. The molecule has 0 radical (unpaired) electrons. The van der Waals surface area contributed by atoms with E-state index >= 15 is 0 Å². The number of carboxylic acids is 2. The van der Waals surface area contributed by atoms with Gasteiger partial charge in [0, 0.05) is 13.2 Å². The van der Waals surface area contributed by atoms with Crippen molar-refractivity contribution in [2.75, 3.05) is 13.2 Å². The van der Waals surface area contributed by atoms with E-state index in [0.717, 1.165) is 24.0 Å². The lowest BCUT2D eigenvalue weighted by Gasteiger charge is -2.24. The number of aliphatic hydroxyl groups excluding tert-OH is 2. The number of carboxylic acid groups (broad SMARTS) is 2. The molecule has 0 aliphatic rings. The molecule has 0 fully saturated rings. The number of rotatable bonds is 14. The van der Waals surface area contributed by atoms with Crippen molar-refractivity contribution in [1.82, 2.24) is 0 Å². The summed E-state index contributed by atoms with van der Waals surface area (Å²) in [6, 6.07) is 38.5. The first-order valence-corrected chi connectivity index (χ1v) is 14.2. The van der Waals surface area contributed by atoms with Crippen molar-refractivity contribution < 1.29 is 30.0 Å². The van der Waals surface area contributed by atoms with E-state index in [0.29, 0.717) is 0 Å². The van der Waals surface area contributed by atoms with Gasteiger partial charge < -0.3 is 20.4 Å². The molecule has 0 unspecified atom stereocenters. The Balaban J connectivity index is 0.000000231. The summed E-state index contributed by atoms with van der Waals surface area (Å²) in [5.74, 6) is -3.90. The molecule has 0 saturated heterocycles. The van der Waals surface area contributed by atoms with Crippen LogP contribution in [0, 0.1) is 23.7 Å². The molecule has 4 atom stereocenters. The average molecular weight is 569 g/mol.